The molecule has 3 rings (SSSR count). The third kappa shape index (κ3) is 3.86. The van der Waals surface area contributed by atoms with Gasteiger partial charge >= 0.3 is 5.97 Å². The molecule has 27 heavy (non-hydrogen) atoms. The van der Waals surface area contributed by atoms with Gasteiger partial charge in [0.05, 0.1) is 25.4 Å². The molecule has 7 heteroatoms. The second-order valence-electron chi connectivity index (χ2n) is 6.97. The van der Waals surface area contributed by atoms with Gasteiger partial charge in [-0.1, -0.05) is 12.8 Å². The maximum absolute atomic E-state index is 12.4. The lowest BCUT2D eigenvalue weighted by molar-refractivity contribution is -0.141. The normalized spacial score (nSPS) is 21.8. The van der Waals surface area contributed by atoms with Crippen LogP contribution in [0.2, 0.25) is 0 Å². The van der Waals surface area contributed by atoms with Gasteiger partial charge in [-0.2, -0.15) is 0 Å². The molecule has 2 amide bonds. The first kappa shape index (κ1) is 19.1. The average Bonchev–Trinajstić information content (AvgIpc) is 2.91. The number of fused-ring (bicyclic) bond motifs is 1. The lowest BCUT2D eigenvalue weighted by Crippen LogP contribution is -2.33. The summed E-state index contributed by atoms with van der Waals surface area (Å²) < 4.78 is 10.5. The molecular weight excluding hydrogens is 350 g/mol. The van der Waals surface area contributed by atoms with Crippen LogP contribution in [0.5, 0.6) is 11.5 Å². The maximum atomic E-state index is 12.4. The van der Waals surface area contributed by atoms with E-state index in [2.05, 4.69) is 0 Å². The third-order valence-electron chi connectivity index (χ3n) is 5.27. The molecule has 0 bridgehead atoms. The van der Waals surface area contributed by atoms with Crippen molar-refractivity contribution in [1.29, 1.82) is 0 Å². The van der Waals surface area contributed by atoms with E-state index < -0.39 is 5.97 Å². The van der Waals surface area contributed by atoms with Crippen LogP contribution in [-0.2, 0) is 14.4 Å². The summed E-state index contributed by atoms with van der Waals surface area (Å²) in [5.74, 6) is -1.00. The van der Waals surface area contributed by atoms with Crippen molar-refractivity contribution < 1.29 is 28.7 Å². The first-order chi connectivity index (χ1) is 12.9. The fourth-order valence-electron chi connectivity index (χ4n) is 3.80. The molecule has 1 aliphatic carbocycles. The molecule has 1 aromatic carbocycles. The monoisotopic (exact) mass is 373 g/mol. The molecule has 0 spiro atoms. The number of benzene rings is 1. The summed E-state index contributed by atoms with van der Waals surface area (Å²) in [4.78, 5) is 49.7. The van der Waals surface area contributed by atoms with Crippen molar-refractivity contribution in [1.82, 2.24) is 4.90 Å². The van der Waals surface area contributed by atoms with Crippen LogP contribution in [0.25, 0.3) is 0 Å². The molecule has 2 fully saturated rings. The van der Waals surface area contributed by atoms with E-state index in [1.54, 1.807) is 6.07 Å². The fraction of sp³-hybridized carbons (Fsp3) is 0.500. The largest absolute Gasteiger partial charge is 0.493 e. The molecule has 2 atom stereocenters. The number of nitrogens with zero attached hydrogens (tertiary/aromatic N) is 1. The molecule has 0 aromatic heterocycles. The molecular formula is C20H23NO6. The zero-order valence-electron chi connectivity index (χ0n) is 15.5. The first-order valence-electron chi connectivity index (χ1n) is 9.17. The molecule has 1 saturated carbocycles. The molecule has 1 aliphatic heterocycles. The van der Waals surface area contributed by atoms with Gasteiger partial charge in [-0.05, 0) is 38.0 Å². The van der Waals surface area contributed by atoms with Crippen LogP contribution in [0.1, 0.15) is 49.4 Å². The van der Waals surface area contributed by atoms with E-state index in [4.69, 9.17) is 9.47 Å². The van der Waals surface area contributed by atoms with Crippen LogP contribution in [0.15, 0.2) is 18.2 Å². The van der Waals surface area contributed by atoms with Crippen molar-refractivity contribution in [3.63, 3.8) is 0 Å². The Labute approximate surface area is 157 Å². The highest BCUT2D eigenvalue weighted by Crippen LogP contribution is 2.38. The number of hydrogen-bond acceptors (Lipinski definition) is 6. The summed E-state index contributed by atoms with van der Waals surface area (Å²) >= 11 is 0. The Kier molecular flexibility index (Phi) is 5.58. The van der Waals surface area contributed by atoms with Crippen molar-refractivity contribution in [3.05, 3.63) is 23.8 Å². The zero-order chi connectivity index (χ0) is 19.6. The highest BCUT2D eigenvalue weighted by atomic mass is 16.6. The minimum atomic E-state index is -0.570. The van der Waals surface area contributed by atoms with Crippen LogP contribution >= 0.6 is 0 Å². The lowest BCUT2D eigenvalue weighted by Gasteiger charge is -2.19. The SMILES string of the molecule is COc1cc(C(C)=O)ccc1OC(=O)CCN1C(=O)[C@H]2CCCC[C@H]2C1=O. The number of carbonyl (C=O) groups is 4. The smallest absolute Gasteiger partial charge is 0.313 e. The minimum absolute atomic E-state index is 0.0251. The van der Waals surface area contributed by atoms with Gasteiger partial charge in [-0.15, -0.1) is 0 Å². The van der Waals surface area contributed by atoms with Gasteiger partial charge in [-0.3, -0.25) is 24.1 Å². The van der Waals surface area contributed by atoms with Crippen molar-refractivity contribution in [2.75, 3.05) is 13.7 Å². The molecule has 0 N–H and O–H groups in total. The topological polar surface area (TPSA) is 90.0 Å². The number of rotatable bonds is 6. The number of likely N-dealkylation sites (tertiary alicyclic amines) is 1. The summed E-state index contributed by atoms with van der Waals surface area (Å²) in [6, 6.07) is 4.54. The molecule has 0 radical (unpaired) electrons. The minimum Gasteiger partial charge on any atom is -0.493 e. The van der Waals surface area contributed by atoms with Gasteiger partial charge in [0.15, 0.2) is 17.3 Å². The van der Waals surface area contributed by atoms with Crippen LogP contribution < -0.4 is 9.47 Å². The summed E-state index contributed by atoms with van der Waals surface area (Å²) in [6.45, 7) is 1.46. The Morgan fingerprint density at radius 1 is 1.07 bits per heavy atom. The van der Waals surface area contributed by atoms with Gasteiger partial charge in [0.2, 0.25) is 11.8 Å². The quantitative estimate of drug-likeness (QED) is 0.329. The van der Waals surface area contributed by atoms with Crippen LogP contribution in [0, 0.1) is 11.8 Å². The number of methoxy groups -OCH3 is 1. The van der Waals surface area contributed by atoms with Crippen molar-refractivity contribution in [3.8, 4) is 11.5 Å². The Morgan fingerprint density at radius 2 is 1.70 bits per heavy atom. The van der Waals surface area contributed by atoms with Crippen molar-refractivity contribution >= 4 is 23.6 Å². The Balaban J connectivity index is 1.61. The Bertz CT molecular complexity index is 763. The van der Waals surface area contributed by atoms with E-state index in [-0.39, 0.29) is 53.9 Å². The van der Waals surface area contributed by atoms with Crippen molar-refractivity contribution in [2.24, 2.45) is 11.8 Å². The van der Waals surface area contributed by atoms with E-state index in [9.17, 15) is 19.2 Å². The zero-order valence-corrected chi connectivity index (χ0v) is 15.5. The predicted octanol–water partition coefficient (Wildman–Crippen LogP) is 2.37. The number of ketones is 1. The highest BCUT2D eigenvalue weighted by Gasteiger charge is 2.47. The van der Waals surface area contributed by atoms with E-state index in [0.29, 0.717) is 5.56 Å². The second-order valence-corrected chi connectivity index (χ2v) is 6.97. The molecule has 1 heterocycles. The number of Topliss-reactive ketones (excluding diaryl/α,β-unsaturated/α-hetero) is 1. The Hall–Kier alpha value is -2.70. The van der Waals surface area contributed by atoms with Gasteiger partial charge < -0.3 is 9.47 Å². The van der Waals surface area contributed by atoms with Gasteiger partial charge in [0.1, 0.15) is 0 Å². The fourth-order valence-corrected chi connectivity index (χ4v) is 3.80. The average molecular weight is 373 g/mol. The highest BCUT2D eigenvalue weighted by molar-refractivity contribution is 6.05. The molecule has 144 valence electrons. The summed E-state index contributed by atoms with van der Waals surface area (Å²) in [5.41, 5.74) is 0.447. The summed E-state index contributed by atoms with van der Waals surface area (Å²) in [5, 5.41) is 0. The van der Waals surface area contributed by atoms with E-state index in [1.165, 1.54) is 31.1 Å². The lowest BCUT2D eigenvalue weighted by atomic mass is 9.81. The number of carbonyl (C=O) groups excluding carboxylic acids is 4. The summed E-state index contributed by atoms with van der Waals surface area (Å²) in [7, 11) is 1.42. The predicted molar refractivity (Wildman–Crippen MR) is 95.4 cm³/mol. The number of amides is 2. The van der Waals surface area contributed by atoms with Gasteiger partial charge in [-0.25, -0.2) is 0 Å². The standard InChI is InChI=1S/C20H23NO6/c1-12(22)13-7-8-16(17(11-13)26-2)27-18(23)9-10-21-19(24)14-5-3-4-6-15(14)20(21)25/h7-8,11,14-15H,3-6,9-10H2,1-2H3/t14-,15+. The van der Waals surface area contributed by atoms with E-state index in [1.807, 2.05) is 0 Å². The van der Waals surface area contributed by atoms with E-state index in [0.717, 1.165) is 25.7 Å². The summed E-state index contributed by atoms with van der Waals surface area (Å²) in [6.07, 6.45) is 3.33. The van der Waals surface area contributed by atoms with Gasteiger partial charge in [0.25, 0.3) is 0 Å². The van der Waals surface area contributed by atoms with Gasteiger partial charge in [0, 0.05) is 12.1 Å². The number of ether oxygens (including phenoxy) is 2. The van der Waals surface area contributed by atoms with Crippen LogP contribution in [0.4, 0.5) is 0 Å². The maximum Gasteiger partial charge on any atom is 0.313 e. The molecule has 1 saturated heterocycles. The number of hydrogen-bond donors (Lipinski definition) is 0. The molecule has 1 aromatic rings. The Morgan fingerprint density at radius 3 is 2.26 bits per heavy atom. The molecule has 2 aliphatic rings. The van der Waals surface area contributed by atoms with Crippen LogP contribution in [0.3, 0.4) is 0 Å². The van der Waals surface area contributed by atoms with Crippen molar-refractivity contribution in [2.45, 2.75) is 39.0 Å². The molecule has 7 nitrogen and oxygen atoms in total. The number of esters is 1. The van der Waals surface area contributed by atoms with Crippen LogP contribution in [-0.4, -0.2) is 42.1 Å². The second kappa shape index (κ2) is 7.90. The van der Waals surface area contributed by atoms with E-state index >= 15 is 0 Å². The first-order valence-corrected chi connectivity index (χ1v) is 9.17. The third-order valence-corrected chi connectivity index (χ3v) is 5.27. The number of imide groups is 1. The molecule has 0 unspecified atom stereocenters.